The largest absolute Gasteiger partial charge is 0.478 e. The van der Waals surface area contributed by atoms with Crippen LogP contribution < -0.4 is 0 Å². The normalized spacial score (nSPS) is 10.3. The van der Waals surface area contributed by atoms with Gasteiger partial charge in [0.05, 0.1) is 11.9 Å². The number of aromatic amines is 1. The maximum Gasteiger partial charge on any atom is 0.339 e. The molecule has 0 unspecified atom stereocenters. The lowest BCUT2D eigenvalue weighted by Crippen LogP contribution is -1.97. The summed E-state index contributed by atoms with van der Waals surface area (Å²) in [7, 11) is 0. The van der Waals surface area contributed by atoms with E-state index in [9.17, 15) is 4.79 Å². The average Bonchev–Trinajstić information content (AvgIpc) is 2.77. The van der Waals surface area contributed by atoms with E-state index in [0.29, 0.717) is 5.69 Å². The summed E-state index contributed by atoms with van der Waals surface area (Å²) < 4.78 is 0. The number of nitrogens with zero attached hydrogens (tertiary/aromatic N) is 1. The first kappa shape index (κ1) is 10.8. The van der Waals surface area contributed by atoms with Gasteiger partial charge in [0.1, 0.15) is 5.56 Å². The topological polar surface area (TPSA) is 66.0 Å². The summed E-state index contributed by atoms with van der Waals surface area (Å²) in [6, 6.07) is 7.63. The lowest BCUT2D eigenvalue weighted by atomic mass is 10.1. The molecule has 0 aliphatic carbocycles. The predicted molar refractivity (Wildman–Crippen MR) is 62.8 cm³/mol. The van der Waals surface area contributed by atoms with Crippen molar-refractivity contribution < 1.29 is 9.90 Å². The summed E-state index contributed by atoms with van der Waals surface area (Å²) in [5.74, 6) is -0.973. The number of carboxylic acids is 1. The molecule has 82 valence electrons. The highest BCUT2D eigenvalue weighted by atomic mass is 32.2. The third kappa shape index (κ3) is 1.81. The Kier molecular flexibility index (Phi) is 2.96. The van der Waals surface area contributed by atoms with Crippen LogP contribution in [-0.2, 0) is 0 Å². The number of aromatic nitrogens is 2. The van der Waals surface area contributed by atoms with Crippen LogP contribution in [0.3, 0.4) is 0 Å². The number of aromatic carboxylic acids is 1. The highest BCUT2D eigenvalue weighted by Gasteiger charge is 2.15. The van der Waals surface area contributed by atoms with E-state index in [4.69, 9.17) is 5.11 Å². The van der Waals surface area contributed by atoms with Gasteiger partial charge in [-0.1, -0.05) is 18.2 Å². The van der Waals surface area contributed by atoms with E-state index in [0.717, 1.165) is 10.5 Å². The maximum atomic E-state index is 11.0. The van der Waals surface area contributed by atoms with Crippen LogP contribution in [0.15, 0.2) is 35.4 Å². The maximum absolute atomic E-state index is 11.0. The minimum absolute atomic E-state index is 0.196. The van der Waals surface area contributed by atoms with Crippen molar-refractivity contribution in [3.05, 3.63) is 36.0 Å². The SMILES string of the molecule is CSc1ccccc1-c1[nH]ncc1C(=O)O. The molecule has 0 aliphatic rings. The fourth-order valence-electron chi connectivity index (χ4n) is 1.50. The Morgan fingerprint density at radius 3 is 2.88 bits per heavy atom. The Bertz CT molecular complexity index is 522. The molecule has 0 saturated heterocycles. The highest BCUT2D eigenvalue weighted by molar-refractivity contribution is 7.98. The van der Waals surface area contributed by atoms with Crippen molar-refractivity contribution >= 4 is 17.7 Å². The van der Waals surface area contributed by atoms with Crippen LogP contribution in [0.5, 0.6) is 0 Å². The number of thioether (sulfide) groups is 1. The highest BCUT2D eigenvalue weighted by Crippen LogP contribution is 2.30. The second kappa shape index (κ2) is 4.40. The van der Waals surface area contributed by atoms with Gasteiger partial charge >= 0.3 is 5.97 Å². The molecule has 1 aromatic carbocycles. The molecule has 0 spiro atoms. The van der Waals surface area contributed by atoms with Gasteiger partial charge in [0, 0.05) is 10.5 Å². The van der Waals surface area contributed by atoms with Gasteiger partial charge in [0.25, 0.3) is 0 Å². The minimum atomic E-state index is -0.973. The van der Waals surface area contributed by atoms with Crippen molar-refractivity contribution in [2.45, 2.75) is 4.90 Å². The Balaban J connectivity index is 2.58. The second-order valence-corrected chi connectivity index (χ2v) is 4.01. The predicted octanol–water partition coefficient (Wildman–Crippen LogP) is 2.50. The van der Waals surface area contributed by atoms with Crippen LogP contribution in [-0.4, -0.2) is 27.5 Å². The van der Waals surface area contributed by atoms with Crippen LogP contribution in [0, 0.1) is 0 Å². The number of carbonyl (C=O) groups is 1. The van der Waals surface area contributed by atoms with Crippen LogP contribution in [0.25, 0.3) is 11.3 Å². The molecule has 0 bridgehead atoms. The van der Waals surface area contributed by atoms with Gasteiger partial charge in [-0.3, -0.25) is 5.10 Å². The number of carboxylic acid groups (broad SMARTS) is 1. The minimum Gasteiger partial charge on any atom is -0.478 e. The van der Waals surface area contributed by atoms with Gasteiger partial charge in [-0.15, -0.1) is 11.8 Å². The van der Waals surface area contributed by atoms with Crippen LogP contribution in [0.4, 0.5) is 0 Å². The Morgan fingerprint density at radius 2 is 2.19 bits per heavy atom. The molecule has 2 N–H and O–H groups in total. The Morgan fingerprint density at radius 1 is 1.44 bits per heavy atom. The molecular weight excluding hydrogens is 224 g/mol. The summed E-state index contributed by atoms with van der Waals surface area (Å²) in [6.07, 6.45) is 3.28. The van der Waals surface area contributed by atoms with Crippen molar-refractivity contribution in [1.29, 1.82) is 0 Å². The summed E-state index contributed by atoms with van der Waals surface area (Å²) >= 11 is 1.57. The Labute approximate surface area is 96.7 Å². The van der Waals surface area contributed by atoms with E-state index in [1.807, 2.05) is 30.5 Å². The van der Waals surface area contributed by atoms with E-state index >= 15 is 0 Å². The van der Waals surface area contributed by atoms with Gasteiger partial charge in [-0.2, -0.15) is 5.10 Å². The number of hydrogen-bond acceptors (Lipinski definition) is 3. The van der Waals surface area contributed by atoms with Crippen molar-refractivity contribution in [3.63, 3.8) is 0 Å². The second-order valence-electron chi connectivity index (χ2n) is 3.16. The molecule has 0 radical (unpaired) electrons. The molecule has 1 heterocycles. The molecule has 2 aromatic rings. The number of benzene rings is 1. The summed E-state index contributed by atoms with van der Waals surface area (Å²) in [6.45, 7) is 0. The lowest BCUT2D eigenvalue weighted by molar-refractivity contribution is 0.0698. The quantitative estimate of drug-likeness (QED) is 0.801. The summed E-state index contributed by atoms with van der Waals surface area (Å²) in [5.41, 5.74) is 1.61. The molecule has 4 nitrogen and oxygen atoms in total. The summed E-state index contributed by atoms with van der Waals surface area (Å²) in [5, 5.41) is 15.5. The van der Waals surface area contributed by atoms with E-state index in [-0.39, 0.29) is 5.56 Å². The van der Waals surface area contributed by atoms with Crippen molar-refractivity contribution in [3.8, 4) is 11.3 Å². The van der Waals surface area contributed by atoms with E-state index in [1.165, 1.54) is 6.20 Å². The van der Waals surface area contributed by atoms with Crippen LogP contribution >= 0.6 is 11.8 Å². The van der Waals surface area contributed by atoms with Crippen molar-refractivity contribution in [2.24, 2.45) is 0 Å². The fraction of sp³-hybridized carbons (Fsp3) is 0.0909. The van der Waals surface area contributed by atoms with Gasteiger partial charge in [0.15, 0.2) is 0 Å². The lowest BCUT2D eigenvalue weighted by Gasteiger charge is -2.05. The number of hydrogen-bond donors (Lipinski definition) is 2. The van der Waals surface area contributed by atoms with E-state index in [1.54, 1.807) is 11.8 Å². The van der Waals surface area contributed by atoms with E-state index < -0.39 is 5.97 Å². The van der Waals surface area contributed by atoms with Crippen LogP contribution in [0.2, 0.25) is 0 Å². The third-order valence-electron chi connectivity index (χ3n) is 2.25. The number of rotatable bonds is 3. The summed E-state index contributed by atoms with van der Waals surface area (Å²) in [4.78, 5) is 12.0. The Hall–Kier alpha value is -1.75. The molecular formula is C11H10N2O2S. The first-order valence-corrected chi connectivity index (χ1v) is 5.86. The van der Waals surface area contributed by atoms with Gasteiger partial charge in [0.2, 0.25) is 0 Å². The molecule has 0 aliphatic heterocycles. The molecule has 0 saturated carbocycles. The third-order valence-corrected chi connectivity index (χ3v) is 3.04. The fourth-order valence-corrected chi connectivity index (χ4v) is 2.11. The molecule has 16 heavy (non-hydrogen) atoms. The molecule has 5 heteroatoms. The van der Waals surface area contributed by atoms with Gasteiger partial charge in [-0.25, -0.2) is 4.79 Å². The zero-order valence-electron chi connectivity index (χ0n) is 8.60. The van der Waals surface area contributed by atoms with Crippen molar-refractivity contribution in [1.82, 2.24) is 10.2 Å². The molecule has 2 rings (SSSR count). The molecule has 1 aromatic heterocycles. The van der Waals surface area contributed by atoms with Crippen LogP contribution in [0.1, 0.15) is 10.4 Å². The standard InChI is InChI=1S/C11H10N2O2S/c1-16-9-5-3-2-4-7(9)10-8(11(14)15)6-12-13-10/h2-6H,1H3,(H,12,13)(H,14,15). The molecule has 0 atom stereocenters. The van der Waals surface area contributed by atoms with E-state index in [2.05, 4.69) is 10.2 Å². The monoisotopic (exact) mass is 234 g/mol. The average molecular weight is 234 g/mol. The first-order chi connectivity index (χ1) is 7.74. The number of H-pyrrole nitrogens is 1. The van der Waals surface area contributed by atoms with Gasteiger partial charge < -0.3 is 5.11 Å². The zero-order chi connectivity index (χ0) is 11.5. The number of nitrogens with one attached hydrogen (secondary N) is 1. The smallest absolute Gasteiger partial charge is 0.339 e. The first-order valence-electron chi connectivity index (χ1n) is 4.64. The molecule has 0 amide bonds. The van der Waals surface area contributed by atoms with Crippen molar-refractivity contribution in [2.75, 3.05) is 6.26 Å². The zero-order valence-corrected chi connectivity index (χ0v) is 9.41. The molecule has 0 fully saturated rings. The van der Waals surface area contributed by atoms with Gasteiger partial charge in [-0.05, 0) is 12.3 Å².